The van der Waals surface area contributed by atoms with Gasteiger partial charge in [0, 0.05) is 24.9 Å². The average Bonchev–Trinajstić information content (AvgIpc) is 2.30. The second-order valence-corrected chi connectivity index (χ2v) is 3.41. The third-order valence-electron chi connectivity index (χ3n) is 2.51. The number of hydrogen-bond donors (Lipinski definition) is 0. The van der Waals surface area contributed by atoms with Gasteiger partial charge in [0.05, 0.1) is 13.2 Å². The number of nitrogens with zero attached hydrogens (tertiary/aromatic N) is 1. The van der Waals surface area contributed by atoms with Crippen molar-refractivity contribution in [3.63, 3.8) is 0 Å². The van der Waals surface area contributed by atoms with E-state index in [1.807, 2.05) is 6.07 Å². The summed E-state index contributed by atoms with van der Waals surface area (Å²) in [6.45, 7) is 1.58. The van der Waals surface area contributed by atoms with Crippen molar-refractivity contribution in [3.8, 4) is 0 Å². The van der Waals surface area contributed by atoms with Crippen LogP contribution in [0, 0.1) is 0 Å². The van der Waals surface area contributed by atoms with Crippen molar-refractivity contribution in [2.75, 3.05) is 25.2 Å². The molecule has 1 aromatic carbocycles. The van der Waals surface area contributed by atoms with E-state index in [0.717, 1.165) is 19.6 Å². The van der Waals surface area contributed by atoms with Crippen LogP contribution in [0.4, 0.5) is 5.69 Å². The van der Waals surface area contributed by atoms with E-state index in [1.54, 1.807) is 0 Å². The van der Waals surface area contributed by atoms with Crippen LogP contribution in [0.5, 0.6) is 0 Å². The molecule has 74 valence electrons. The zero-order valence-corrected chi connectivity index (χ0v) is 8.44. The molecule has 0 spiro atoms. The van der Waals surface area contributed by atoms with Gasteiger partial charge in [-0.25, -0.2) is 0 Å². The number of para-hydroxylation sites is 1. The second kappa shape index (κ2) is 4.29. The molecule has 1 heterocycles. The Hall–Kier alpha value is -1.28. The van der Waals surface area contributed by atoms with Crippen molar-refractivity contribution in [3.05, 3.63) is 42.1 Å². The van der Waals surface area contributed by atoms with Crippen LogP contribution >= 0.6 is 0 Å². The molecule has 2 heteroatoms. The molecule has 1 aliphatic rings. The van der Waals surface area contributed by atoms with Gasteiger partial charge in [-0.2, -0.15) is 0 Å². The second-order valence-electron chi connectivity index (χ2n) is 3.41. The van der Waals surface area contributed by atoms with Gasteiger partial charge in [-0.15, -0.1) is 0 Å². The number of anilines is 1. The molecule has 0 fully saturated rings. The Kier molecular flexibility index (Phi) is 2.84. The smallest absolute Gasteiger partial charge is 0.0667 e. The summed E-state index contributed by atoms with van der Waals surface area (Å²) in [6, 6.07) is 10.4. The topological polar surface area (TPSA) is 12.5 Å². The van der Waals surface area contributed by atoms with Crippen molar-refractivity contribution >= 4 is 5.69 Å². The van der Waals surface area contributed by atoms with E-state index in [2.05, 4.69) is 42.3 Å². The summed E-state index contributed by atoms with van der Waals surface area (Å²) in [7, 11) is 2.10. The molecular formula is C12H15NO. The first-order valence-corrected chi connectivity index (χ1v) is 4.93. The molecule has 0 amide bonds. The fraction of sp³-hybridized carbons (Fsp3) is 0.333. The highest BCUT2D eigenvalue weighted by Gasteiger charge is 2.09. The Morgan fingerprint density at radius 2 is 2.00 bits per heavy atom. The molecule has 0 N–H and O–H groups in total. The van der Waals surface area contributed by atoms with Gasteiger partial charge in [0.1, 0.15) is 0 Å². The van der Waals surface area contributed by atoms with Crippen molar-refractivity contribution < 1.29 is 4.74 Å². The first kappa shape index (κ1) is 9.28. The Balaban J connectivity index is 2.15. The van der Waals surface area contributed by atoms with E-state index in [1.165, 1.54) is 11.4 Å². The summed E-state index contributed by atoms with van der Waals surface area (Å²) in [5.41, 5.74) is 2.59. The van der Waals surface area contributed by atoms with Crippen molar-refractivity contribution in [2.45, 2.75) is 6.42 Å². The largest absolute Gasteiger partial charge is 0.377 e. The maximum atomic E-state index is 5.28. The van der Waals surface area contributed by atoms with Gasteiger partial charge >= 0.3 is 0 Å². The quantitative estimate of drug-likeness (QED) is 0.708. The molecular weight excluding hydrogens is 174 g/mol. The Morgan fingerprint density at radius 3 is 2.64 bits per heavy atom. The monoisotopic (exact) mass is 189 g/mol. The van der Waals surface area contributed by atoms with Gasteiger partial charge in [0.2, 0.25) is 0 Å². The summed E-state index contributed by atoms with van der Waals surface area (Å²) < 4.78 is 5.28. The summed E-state index contributed by atoms with van der Waals surface area (Å²) in [5.74, 6) is 0. The van der Waals surface area contributed by atoms with Gasteiger partial charge in [-0.05, 0) is 18.2 Å². The molecule has 14 heavy (non-hydrogen) atoms. The minimum Gasteiger partial charge on any atom is -0.377 e. The Labute approximate surface area is 84.8 Å². The number of benzene rings is 1. The molecule has 0 aromatic heterocycles. The molecule has 2 nitrogen and oxygen atoms in total. The van der Waals surface area contributed by atoms with E-state index in [4.69, 9.17) is 4.74 Å². The predicted molar refractivity (Wildman–Crippen MR) is 58.4 cm³/mol. The normalized spacial score (nSPS) is 16.2. The number of rotatable bonds is 2. The zero-order valence-electron chi connectivity index (χ0n) is 8.44. The van der Waals surface area contributed by atoms with Crippen LogP contribution in [0.3, 0.4) is 0 Å². The van der Waals surface area contributed by atoms with E-state index < -0.39 is 0 Å². The van der Waals surface area contributed by atoms with E-state index >= 15 is 0 Å². The molecule has 2 rings (SSSR count). The predicted octanol–water partition coefficient (Wildman–Crippen LogP) is 2.43. The first-order chi connectivity index (χ1) is 6.88. The lowest BCUT2D eigenvalue weighted by atomic mass is 10.2. The molecule has 1 aliphatic heterocycles. The minimum absolute atomic E-state index is 0.743. The third kappa shape index (κ3) is 1.96. The SMILES string of the molecule is CN(C1=CCOCC1)c1ccccc1. The van der Waals surface area contributed by atoms with Crippen LogP contribution in [-0.2, 0) is 4.74 Å². The molecule has 0 atom stereocenters. The lowest BCUT2D eigenvalue weighted by Gasteiger charge is -2.25. The van der Waals surface area contributed by atoms with Gasteiger partial charge in [-0.1, -0.05) is 18.2 Å². The molecule has 0 saturated carbocycles. The molecule has 0 saturated heterocycles. The lowest BCUT2D eigenvalue weighted by Crippen LogP contribution is -2.21. The van der Waals surface area contributed by atoms with Crippen LogP contribution in [0.1, 0.15) is 6.42 Å². The van der Waals surface area contributed by atoms with Crippen molar-refractivity contribution in [1.29, 1.82) is 0 Å². The third-order valence-corrected chi connectivity index (χ3v) is 2.51. The molecule has 0 bridgehead atoms. The lowest BCUT2D eigenvalue weighted by molar-refractivity contribution is 0.154. The fourth-order valence-corrected chi connectivity index (χ4v) is 1.64. The van der Waals surface area contributed by atoms with E-state index in [0.29, 0.717) is 0 Å². The molecule has 1 aromatic rings. The van der Waals surface area contributed by atoms with Gasteiger partial charge in [0.25, 0.3) is 0 Å². The number of ether oxygens (including phenoxy) is 1. The van der Waals surface area contributed by atoms with Crippen LogP contribution in [0.15, 0.2) is 42.1 Å². The molecule has 0 unspecified atom stereocenters. The van der Waals surface area contributed by atoms with Crippen LogP contribution in [0.2, 0.25) is 0 Å². The highest BCUT2D eigenvalue weighted by Crippen LogP contribution is 2.20. The first-order valence-electron chi connectivity index (χ1n) is 4.93. The van der Waals surface area contributed by atoms with E-state index in [9.17, 15) is 0 Å². The van der Waals surface area contributed by atoms with Gasteiger partial charge < -0.3 is 9.64 Å². The maximum Gasteiger partial charge on any atom is 0.0667 e. The summed E-state index contributed by atoms with van der Waals surface area (Å²) in [5, 5.41) is 0. The standard InChI is InChI=1S/C12H15NO/c1-13(11-5-3-2-4-6-11)12-7-9-14-10-8-12/h2-7H,8-10H2,1H3. The molecule has 0 aliphatic carbocycles. The van der Waals surface area contributed by atoms with Gasteiger partial charge in [-0.3, -0.25) is 0 Å². The van der Waals surface area contributed by atoms with Crippen LogP contribution < -0.4 is 4.90 Å². The summed E-state index contributed by atoms with van der Waals surface area (Å²) >= 11 is 0. The zero-order chi connectivity index (χ0) is 9.80. The highest BCUT2D eigenvalue weighted by atomic mass is 16.5. The van der Waals surface area contributed by atoms with Gasteiger partial charge in [0.15, 0.2) is 0 Å². The van der Waals surface area contributed by atoms with E-state index in [-0.39, 0.29) is 0 Å². The van der Waals surface area contributed by atoms with Crippen LogP contribution in [-0.4, -0.2) is 20.3 Å². The van der Waals surface area contributed by atoms with Crippen molar-refractivity contribution in [2.24, 2.45) is 0 Å². The van der Waals surface area contributed by atoms with Crippen LogP contribution in [0.25, 0.3) is 0 Å². The maximum absolute atomic E-state index is 5.28. The highest BCUT2D eigenvalue weighted by molar-refractivity contribution is 5.50. The minimum atomic E-state index is 0.743. The molecule has 0 radical (unpaired) electrons. The average molecular weight is 189 g/mol. The summed E-state index contributed by atoms with van der Waals surface area (Å²) in [4.78, 5) is 2.22. The van der Waals surface area contributed by atoms with Crippen molar-refractivity contribution in [1.82, 2.24) is 0 Å². The summed E-state index contributed by atoms with van der Waals surface area (Å²) in [6.07, 6.45) is 3.15. The fourth-order valence-electron chi connectivity index (χ4n) is 1.64. The Bertz CT molecular complexity index is 318. The number of hydrogen-bond acceptors (Lipinski definition) is 2. The Morgan fingerprint density at radius 1 is 1.21 bits per heavy atom.